The van der Waals surface area contributed by atoms with Gasteiger partial charge in [0.05, 0.1) is 23.8 Å². The average Bonchev–Trinajstić information content (AvgIpc) is 2.75. The highest BCUT2D eigenvalue weighted by Crippen LogP contribution is 2.01. The van der Waals surface area contributed by atoms with E-state index in [4.69, 9.17) is 5.73 Å². The van der Waals surface area contributed by atoms with Crippen LogP contribution in [0.3, 0.4) is 0 Å². The van der Waals surface area contributed by atoms with E-state index in [9.17, 15) is 4.79 Å². The van der Waals surface area contributed by atoms with Crippen molar-refractivity contribution in [2.24, 2.45) is 5.73 Å². The molecule has 0 saturated heterocycles. The van der Waals surface area contributed by atoms with Crippen molar-refractivity contribution in [3.63, 3.8) is 0 Å². The lowest BCUT2D eigenvalue weighted by molar-refractivity contribution is -0.122. The van der Waals surface area contributed by atoms with Gasteiger partial charge in [0.25, 0.3) is 0 Å². The van der Waals surface area contributed by atoms with E-state index < -0.39 is 0 Å². The number of carbonyl (C=O) groups is 1. The topological polar surface area (TPSA) is 68.0 Å². The minimum Gasteiger partial charge on any atom is -0.349 e. The molecule has 4 nitrogen and oxygen atoms in total. The number of nitrogens with zero attached hydrogens (tertiary/aromatic N) is 1. The zero-order valence-electron chi connectivity index (χ0n) is 8.90. The fraction of sp³-hybridized carbons (Fsp3) is 0.600. The normalized spacial score (nSPS) is 12.4. The molecule has 0 saturated carbocycles. The van der Waals surface area contributed by atoms with Crippen molar-refractivity contribution < 1.29 is 4.79 Å². The van der Waals surface area contributed by atoms with Gasteiger partial charge in [-0.15, -0.1) is 11.3 Å². The first-order valence-corrected chi connectivity index (χ1v) is 6.08. The molecule has 0 fully saturated rings. The van der Waals surface area contributed by atoms with Gasteiger partial charge in [-0.25, -0.2) is 4.98 Å². The minimum atomic E-state index is -0.386. The lowest BCUT2D eigenvalue weighted by Crippen LogP contribution is -2.40. The number of amides is 1. The molecular formula is C10H17N3OS. The highest BCUT2D eigenvalue weighted by atomic mass is 32.1. The van der Waals surface area contributed by atoms with E-state index in [2.05, 4.69) is 17.2 Å². The second-order valence-electron chi connectivity index (χ2n) is 3.45. The van der Waals surface area contributed by atoms with Crippen LogP contribution in [0.4, 0.5) is 0 Å². The number of carbonyl (C=O) groups excluding carboxylic acids is 1. The van der Waals surface area contributed by atoms with E-state index >= 15 is 0 Å². The minimum absolute atomic E-state index is 0.0866. The second kappa shape index (κ2) is 6.53. The Hall–Kier alpha value is -0.940. The molecule has 1 heterocycles. The Morgan fingerprint density at radius 2 is 2.53 bits per heavy atom. The summed E-state index contributed by atoms with van der Waals surface area (Å²) in [6.45, 7) is 2.56. The monoisotopic (exact) mass is 227 g/mol. The molecule has 0 radical (unpaired) electrons. The molecule has 15 heavy (non-hydrogen) atoms. The van der Waals surface area contributed by atoms with Crippen LogP contribution in [0.1, 0.15) is 31.9 Å². The SMILES string of the molecule is CCCCC(N)C(=O)NCc1cscn1. The summed E-state index contributed by atoms with van der Waals surface area (Å²) in [6, 6.07) is -0.386. The van der Waals surface area contributed by atoms with Crippen LogP contribution in [0.2, 0.25) is 0 Å². The Morgan fingerprint density at radius 1 is 1.73 bits per heavy atom. The number of nitrogens with two attached hydrogens (primary N) is 1. The third-order valence-corrected chi connectivity index (χ3v) is 2.77. The van der Waals surface area contributed by atoms with E-state index in [0.717, 1.165) is 25.0 Å². The molecule has 1 aromatic heterocycles. The number of hydrogen-bond acceptors (Lipinski definition) is 4. The number of thiazole rings is 1. The van der Waals surface area contributed by atoms with Gasteiger partial charge in [0.2, 0.25) is 5.91 Å². The van der Waals surface area contributed by atoms with Gasteiger partial charge in [-0.3, -0.25) is 4.79 Å². The Kier molecular flexibility index (Phi) is 5.28. The lowest BCUT2D eigenvalue weighted by Gasteiger charge is -2.10. The Labute approximate surface area is 93.9 Å². The molecule has 1 rings (SSSR count). The molecule has 84 valence electrons. The summed E-state index contributed by atoms with van der Waals surface area (Å²) in [7, 11) is 0. The zero-order valence-corrected chi connectivity index (χ0v) is 9.72. The van der Waals surface area contributed by atoms with Crippen molar-refractivity contribution in [3.05, 3.63) is 16.6 Å². The molecular weight excluding hydrogens is 210 g/mol. The van der Waals surface area contributed by atoms with Gasteiger partial charge in [0.15, 0.2) is 0 Å². The van der Waals surface area contributed by atoms with E-state index in [1.807, 2.05) is 5.38 Å². The summed E-state index contributed by atoms with van der Waals surface area (Å²) >= 11 is 1.52. The summed E-state index contributed by atoms with van der Waals surface area (Å²) < 4.78 is 0. The van der Waals surface area contributed by atoms with Crippen LogP contribution in [0, 0.1) is 0 Å². The van der Waals surface area contributed by atoms with Crippen molar-refractivity contribution in [1.29, 1.82) is 0 Å². The van der Waals surface area contributed by atoms with E-state index in [0.29, 0.717) is 6.54 Å². The molecule has 3 N–H and O–H groups in total. The third-order valence-electron chi connectivity index (χ3n) is 2.13. The molecule has 1 unspecified atom stereocenters. The largest absolute Gasteiger partial charge is 0.349 e. The first-order valence-electron chi connectivity index (χ1n) is 5.14. The Balaban J connectivity index is 2.23. The lowest BCUT2D eigenvalue weighted by atomic mass is 10.1. The number of aromatic nitrogens is 1. The van der Waals surface area contributed by atoms with Crippen LogP contribution in [-0.2, 0) is 11.3 Å². The maximum Gasteiger partial charge on any atom is 0.237 e. The molecule has 0 aliphatic heterocycles. The van der Waals surface area contributed by atoms with Crippen LogP contribution < -0.4 is 11.1 Å². The maximum absolute atomic E-state index is 11.5. The number of rotatable bonds is 6. The summed E-state index contributed by atoms with van der Waals surface area (Å²) in [6.07, 6.45) is 2.80. The van der Waals surface area contributed by atoms with Crippen LogP contribution in [-0.4, -0.2) is 16.9 Å². The van der Waals surface area contributed by atoms with Gasteiger partial charge in [-0.1, -0.05) is 19.8 Å². The van der Waals surface area contributed by atoms with E-state index in [1.54, 1.807) is 5.51 Å². The summed E-state index contributed by atoms with van der Waals surface area (Å²) in [5.41, 5.74) is 8.35. The highest BCUT2D eigenvalue weighted by molar-refractivity contribution is 7.07. The molecule has 1 aromatic rings. The molecule has 5 heteroatoms. The second-order valence-corrected chi connectivity index (χ2v) is 4.16. The molecule has 1 atom stereocenters. The predicted octanol–water partition coefficient (Wildman–Crippen LogP) is 1.28. The van der Waals surface area contributed by atoms with Crippen molar-refractivity contribution >= 4 is 17.2 Å². The van der Waals surface area contributed by atoms with Crippen molar-refractivity contribution in [1.82, 2.24) is 10.3 Å². The average molecular weight is 227 g/mol. The molecule has 0 aromatic carbocycles. The number of nitrogens with one attached hydrogen (secondary N) is 1. The van der Waals surface area contributed by atoms with Crippen LogP contribution in [0.5, 0.6) is 0 Å². The van der Waals surface area contributed by atoms with Crippen molar-refractivity contribution in [3.8, 4) is 0 Å². The number of unbranched alkanes of at least 4 members (excludes halogenated alkanes) is 1. The molecule has 1 amide bonds. The Bertz CT molecular complexity index is 287. The van der Waals surface area contributed by atoms with Gasteiger partial charge < -0.3 is 11.1 Å². The van der Waals surface area contributed by atoms with Gasteiger partial charge in [-0.2, -0.15) is 0 Å². The first-order chi connectivity index (χ1) is 7.24. The summed E-state index contributed by atoms with van der Waals surface area (Å²) in [5, 5.41) is 4.69. The molecule has 0 aliphatic rings. The predicted molar refractivity (Wildman–Crippen MR) is 61.5 cm³/mol. The third kappa shape index (κ3) is 4.40. The van der Waals surface area contributed by atoms with Gasteiger partial charge in [0.1, 0.15) is 0 Å². The zero-order chi connectivity index (χ0) is 11.1. The van der Waals surface area contributed by atoms with Gasteiger partial charge in [-0.05, 0) is 6.42 Å². The summed E-state index contributed by atoms with van der Waals surface area (Å²) in [4.78, 5) is 15.6. The fourth-order valence-electron chi connectivity index (χ4n) is 1.19. The maximum atomic E-state index is 11.5. The first kappa shape index (κ1) is 12.1. The van der Waals surface area contributed by atoms with Gasteiger partial charge >= 0.3 is 0 Å². The van der Waals surface area contributed by atoms with Crippen LogP contribution in [0.15, 0.2) is 10.9 Å². The van der Waals surface area contributed by atoms with Crippen molar-refractivity contribution in [2.75, 3.05) is 0 Å². The van der Waals surface area contributed by atoms with Crippen LogP contribution in [0.25, 0.3) is 0 Å². The standard InChI is InChI=1S/C10H17N3OS/c1-2-3-4-9(11)10(14)12-5-8-6-15-7-13-8/h6-7,9H,2-5,11H2,1H3,(H,12,14). The summed E-state index contributed by atoms with van der Waals surface area (Å²) in [5.74, 6) is -0.0866. The van der Waals surface area contributed by atoms with Gasteiger partial charge in [0, 0.05) is 5.38 Å². The fourth-order valence-corrected chi connectivity index (χ4v) is 1.75. The quantitative estimate of drug-likeness (QED) is 0.769. The number of hydrogen-bond donors (Lipinski definition) is 2. The molecule has 0 spiro atoms. The van der Waals surface area contributed by atoms with Crippen molar-refractivity contribution in [2.45, 2.75) is 38.8 Å². The van der Waals surface area contributed by atoms with E-state index in [-0.39, 0.29) is 11.9 Å². The Morgan fingerprint density at radius 3 is 3.13 bits per heavy atom. The smallest absolute Gasteiger partial charge is 0.237 e. The molecule has 0 aliphatic carbocycles. The molecule has 0 bridgehead atoms. The van der Waals surface area contributed by atoms with Crippen LogP contribution >= 0.6 is 11.3 Å². The highest BCUT2D eigenvalue weighted by Gasteiger charge is 2.11. The van der Waals surface area contributed by atoms with E-state index in [1.165, 1.54) is 11.3 Å².